The first-order valence-electron chi connectivity index (χ1n) is 5.86. The number of carbonyl (C=O) groups excluding carboxylic acids is 1. The number of hydrogen-bond acceptors (Lipinski definition) is 2. The van der Waals surface area contributed by atoms with Crippen molar-refractivity contribution in [1.82, 2.24) is 5.32 Å². The van der Waals surface area contributed by atoms with Crippen molar-refractivity contribution in [3.8, 4) is 0 Å². The molecule has 0 fully saturated rings. The average Bonchev–Trinajstić information content (AvgIpc) is 2.31. The predicted molar refractivity (Wildman–Crippen MR) is 65.9 cm³/mol. The Hall–Kier alpha value is -1.42. The molecule has 1 rings (SSSR count). The third-order valence-corrected chi connectivity index (χ3v) is 2.70. The molecule has 0 aliphatic rings. The standard InChI is InChI=1S/C13H19FN2O/c1-10(6-8-15)13(17)16-9-7-11-4-2-3-5-12(11)14/h2-5,10H,6-9,15H2,1H3,(H,16,17). The second-order valence-corrected chi connectivity index (χ2v) is 4.11. The molecule has 0 saturated heterocycles. The lowest BCUT2D eigenvalue weighted by Crippen LogP contribution is -2.32. The van der Waals surface area contributed by atoms with Crippen LogP contribution in [0.3, 0.4) is 0 Å². The van der Waals surface area contributed by atoms with Crippen LogP contribution < -0.4 is 11.1 Å². The van der Waals surface area contributed by atoms with E-state index in [-0.39, 0.29) is 17.6 Å². The monoisotopic (exact) mass is 238 g/mol. The minimum absolute atomic E-state index is 0.0215. The highest BCUT2D eigenvalue weighted by Crippen LogP contribution is 2.06. The van der Waals surface area contributed by atoms with Crippen molar-refractivity contribution in [2.24, 2.45) is 11.7 Å². The fourth-order valence-electron chi connectivity index (χ4n) is 1.58. The van der Waals surface area contributed by atoms with Gasteiger partial charge in [0.25, 0.3) is 0 Å². The van der Waals surface area contributed by atoms with Gasteiger partial charge in [0.15, 0.2) is 0 Å². The molecule has 0 aliphatic carbocycles. The van der Waals surface area contributed by atoms with Crippen molar-refractivity contribution in [2.75, 3.05) is 13.1 Å². The lowest BCUT2D eigenvalue weighted by molar-refractivity contribution is -0.124. The predicted octanol–water partition coefficient (Wildman–Crippen LogP) is 1.47. The molecule has 0 radical (unpaired) electrons. The molecule has 0 heterocycles. The number of halogens is 1. The van der Waals surface area contributed by atoms with Gasteiger partial charge in [-0.3, -0.25) is 4.79 Å². The smallest absolute Gasteiger partial charge is 0.222 e. The zero-order valence-corrected chi connectivity index (χ0v) is 10.1. The van der Waals surface area contributed by atoms with Gasteiger partial charge in [0.2, 0.25) is 5.91 Å². The van der Waals surface area contributed by atoms with E-state index in [0.29, 0.717) is 31.5 Å². The highest BCUT2D eigenvalue weighted by molar-refractivity contribution is 5.78. The van der Waals surface area contributed by atoms with Crippen molar-refractivity contribution < 1.29 is 9.18 Å². The molecule has 3 nitrogen and oxygen atoms in total. The van der Waals surface area contributed by atoms with Crippen LogP contribution in [0.25, 0.3) is 0 Å². The van der Waals surface area contributed by atoms with Gasteiger partial charge in [-0.05, 0) is 31.0 Å². The molecule has 1 atom stereocenters. The molecular weight excluding hydrogens is 219 g/mol. The van der Waals surface area contributed by atoms with Gasteiger partial charge in [-0.25, -0.2) is 4.39 Å². The lowest BCUT2D eigenvalue weighted by atomic mass is 10.1. The van der Waals surface area contributed by atoms with Gasteiger partial charge < -0.3 is 11.1 Å². The summed E-state index contributed by atoms with van der Waals surface area (Å²) in [5, 5.41) is 2.78. The Labute approximate surface area is 101 Å². The minimum atomic E-state index is -0.225. The van der Waals surface area contributed by atoms with Crippen LogP contribution in [-0.2, 0) is 11.2 Å². The maximum absolute atomic E-state index is 13.3. The number of rotatable bonds is 6. The molecule has 1 amide bonds. The molecule has 94 valence electrons. The fraction of sp³-hybridized carbons (Fsp3) is 0.462. The third-order valence-electron chi connectivity index (χ3n) is 2.70. The zero-order valence-electron chi connectivity index (χ0n) is 10.1. The summed E-state index contributed by atoms with van der Waals surface area (Å²) in [6.45, 7) is 2.79. The van der Waals surface area contributed by atoms with Crippen LogP contribution in [-0.4, -0.2) is 19.0 Å². The first-order valence-corrected chi connectivity index (χ1v) is 5.86. The van der Waals surface area contributed by atoms with E-state index < -0.39 is 0 Å². The normalized spacial score (nSPS) is 12.2. The molecule has 0 bridgehead atoms. The molecule has 1 aromatic carbocycles. The molecule has 3 N–H and O–H groups in total. The molecule has 0 saturated carbocycles. The number of benzene rings is 1. The molecule has 0 aliphatic heterocycles. The molecule has 1 unspecified atom stereocenters. The van der Waals surface area contributed by atoms with E-state index in [1.54, 1.807) is 18.2 Å². The van der Waals surface area contributed by atoms with Crippen LogP contribution in [0.1, 0.15) is 18.9 Å². The minimum Gasteiger partial charge on any atom is -0.356 e. The highest BCUT2D eigenvalue weighted by Gasteiger charge is 2.11. The van der Waals surface area contributed by atoms with Gasteiger partial charge >= 0.3 is 0 Å². The van der Waals surface area contributed by atoms with Crippen molar-refractivity contribution >= 4 is 5.91 Å². The van der Waals surface area contributed by atoms with Gasteiger partial charge in [-0.2, -0.15) is 0 Å². The van der Waals surface area contributed by atoms with Gasteiger partial charge in [0.1, 0.15) is 5.82 Å². The van der Waals surface area contributed by atoms with E-state index in [0.717, 1.165) is 0 Å². The molecule has 0 spiro atoms. The molecule has 1 aromatic rings. The highest BCUT2D eigenvalue weighted by atomic mass is 19.1. The van der Waals surface area contributed by atoms with Crippen LogP contribution in [0.15, 0.2) is 24.3 Å². The zero-order chi connectivity index (χ0) is 12.7. The fourth-order valence-corrected chi connectivity index (χ4v) is 1.58. The summed E-state index contributed by atoms with van der Waals surface area (Å²) >= 11 is 0. The van der Waals surface area contributed by atoms with E-state index in [1.807, 2.05) is 6.92 Å². The van der Waals surface area contributed by atoms with Crippen molar-refractivity contribution in [3.05, 3.63) is 35.6 Å². The molecule has 17 heavy (non-hydrogen) atoms. The number of nitrogens with two attached hydrogens (primary N) is 1. The Morgan fingerprint density at radius 1 is 1.47 bits per heavy atom. The second-order valence-electron chi connectivity index (χ2n) is 4.11. The average molecular weight is 238 g/mol. The van der Waals surface area contributed by atoms with Crippen LogP contribution in [0.4, 0.5) is 4.39 Å². The van der Waals surface area contributed by atoms with E-state index in [9.17, 15) is 9.18 Å². The van der Waals surface area contributed by atoms with Crippen molar-refractivity contribution in [2.45, 2.75) is 19.8 Å². The lowest BCUT2D eigenvalue weighted by Gasteiger charge is -2.11. The summed E-state index contributed by atoms with van der Waals surface area (Å²) in [5.74, 6) is -0.329. The first kappa shape index (κ1) is 13.6. The third kappa shape index (κ3) is 4.53. The summed E-state index contributed by atoms with van der Waals surface area (Å²) < 4.78 is 13.3. The first-order chi connectivity index (χ1) is 8.15. The SMILES string of the molecule is CC(CCN)C(=O)NCCc1ccccc1F. The maximum Gasteiger partial charge on any atom is 0.222 e. The number of nitrogens with one attached hydrogen (secondary N) is 1. The quantitative estimate of drug-likeness (QED) is 0.788. The summed E-state index contributed by atoms with van der Waals surface area (Å²) in [6.07, 6.45) is 1.18. The molecule has 4 heteroatoms. The topological polar surface area (TPSA) is 55.1 Å². The van der Waals surface area contributed by atoms with Crippen LogP contribution in [0, 0.1) is 11.7 Å². The van der Waals surface area contributed by atoms with E-state index in [2.05, 4.69) is 5.32 Å². The van der Waals surface area contributed by atoms with Crippen LogP contribution >= 0.6 is 0 Å². The Morgan fingerprint density at radius 2 is 2.18 bits per heavy atom. The summed E-state index contributed by atoms with van der Waals surface area (Å²) in [5.41, 5.74) is 6.00. The second kappa shape index (κ2) is 7.01. The summed E-state index contributed by atoms with van der Waals surface area (Å²) in [7, 11) is 0. The van der Waals surface area contributed by atoms with Gasteiger partial charge in [-0.15, -0.1) is 0 Å². The molecular formula is C13H19FN2O. The summed E-state index contributed by atoms with van der Waals surface area (Å²) in [6, 6.07) is 6.59. The van der Waals surface area contributed by atoms with Crippen molar-refractivity contribution in [1.29, 1.82) is 0 Å². The summed E-state index contributed by atoms with van der Waals surface area (Å²) in [4.78, 5) is 11.5. The largest absolute Gasteiger partial charge is 0.356 e. The van der Waals surface area contributed by atoms with Gasteiger partial charge in [0, 0.05) is 12.5 Å². The van der Waals surface area contributed by atoms with E-state index >= 15 is 0 Å². The van der Waals surface area contributed by atoms with Crippen molar-refractivity contribution in [3.63, 3.8) is 0 Å². The Balaban J connectivity index is 2.33. The van der Waals surface area contributed by atoms with Gasteiger partial charge in [0.05, 0.1) is 0 Å². The van der Waals surface area contributed by atoms with Gasteiger partial charge in [-0.1, -0.05) is 25.1 Å². The Bertz CT molecular complexity index is 368. The van der Waals surface area contributed by atoms with E-state index in [1.165, 1.54) is 6.07 Å². The number of carbonyl (C=O) groups is 1. The molecule has 0 aromatic heterocycles. The number of amides is 1. The van der Waals surface area contributed by atoms with Crippen LogP contribution in [0.5, 0.6) is 0 Å². The maximum atomic E-state index is 13.3. The Morgan fingerprint density at radius 3 is 2.82 bits per heavy atom. The Kier molecular flexibility index (Phi) is 5.63. The van der Waals surface area contributed by atoms with E-state index in [4.69, 9.17) is 5.73 Å². The number of hydrogen-bond donors (Lipinski definition) is 2. The van der Waals surface area contributed by atoms with Crippen LogP contribution in [0.2, 0.25) is 0 Å².